The Balaban J connectivity index is 2.13. The van der Waals surface area contributed by atoms with Crippen molar-refractivity contribution >= 4 is 21.7 Å². The van der Waals surface area contributed by atoms with E-state index >= 15 is 0 Å². The van der Waals surface area contributed by atoms with E-state index in [4.69, 9.17) is 4.74 Å². The topological polar surface area (TPSA) is 38.2 Å². The number of nitrogens with zero attached hydrogens (tertiary/aromatic N) is 3. The van der Waals surface area contributed by atoms with E-state index in [1.807, 2.05) is 13.0 Å². The standard InChI is InChI=1S/C12H18BrN3O/c1-2-17-12-8-11(14-9-15-12)16(7-6-13)10-4-3-5-10/h8-10H,2-7H2,1H3. The SMILES string of the molecule is CCOc1cc(N(CCBr)C2CCC2)ncn1. The van der Waals surface area contributed by atoms with Crippen molar-refractivity contribution in [2.24, 2.45) is 0 Å². The predicted octanol–water partition coefficient (Wildman–Crippen LogP) is 2.63. The quantitative estimate of drug-likeness (QED) is 0.757. The first kappa shape index (κ1) is 12.6. The fourth-order valence-corrected chi connectivity index (χ4v) is 2.37. The summed E-state index contributed by atoms with van der Waals surface area (Å²) >= 11 is 3.50. The summed E-state index contributed by atoms with van der Waals surface area (Å²) in [6.07, 6.45) is 5.44. The molecule has 5 heteroatoms. The van der Waals surface area contributed by atoms with Gasteiger partial charge in [-0.3, -0.25) is 0 Å². The number of ether oxygens (including phenoxy) is 1. The number of hydrogen-bond acceptors (Lipinski definition) is 4. The van der Waals surface area contributed by atoms with Gasteiger partial charge < -0.3 is 9.64 Å². The molecule has 17 heavy (non-hydrogen) atoms. The van der Waals surface area contributed by atoms with Gasteiger partial charge in [-0.15, -0.1) is 0 Å². The highest BCUT2D eigenvalue weighted by Gasteiger charge is 2.25. The Bertz CT molecular complexity index is 357. The monoisotopic (exact) mass is 299 g/mol. The highest BCUT2D eigenvalue weighted by Crippen LogP contribution is 2.29. The molecule has 2 rings (SSSR count). The summed E-state index contributed by atoms with van der Waals surface area (Å²) in [5.41, 5.74) is 0. The molecule has 1 aliphatic carbocycles. The van der Waals surface area contributed by atoms with E-state index in [0.717, 1.165) is 17.7 Å². The van der Waals surface area contributed by atoms with Gasteiger partial charge in [-0.1, -0.05) is 15.9 Å². The average Bonchev–Trinajstić information content (AvgIpc) is 2.27. The van der Waals surface area contributed by atoms with Crippen LogP contribution in [0.4, 0.5) is 5.82 Å². The zero-order chi connectivity index (χ0) is 12.1. The summed E-state index contributed by atoms with van der Waals surface area (Å²) in [5, 5.41) is 0.956. The molecule has 4 nitrogen and oxygen atoms in total. The summed E-state index contributed by atoms with van der Waals surface area (Å²) < 4.78 is 5.42. The van der Waals surface area contributed by atoms with Crippen molar-refractivity contribution in [2.75, 3.05) is 23.4 Å². The van der Waals surface area contributed by atoms with Gasteiger partial charge in [0.1, 0.15) is 12.1 Å². The maximum absolute atomic E-state index is 5.42. The largest absolute Gasteiger partial charge is 0.478 e. The second kappa shape index (κ2) is 6.19. The van der Waals surface area contributed by atoms with E-state index in [2.05, 4.69) is 30.8 Å². The molecule has 1 aromatic heterocycles. The Labute approximate surface area is 111 Å². The van der Waals surface area contributed by atoms with Gasteiger partial charge in [0, 0.05) is 24.0 Å². The highest BCUT2D eigenvalue weighted by molar-refractivity contribution is 9.09. The van der Waals surface area contributed by atoms with Gasteiger partial charge in [0.2, 0.25) is 5.88 Å². The molecule has 1 aliphatic rings. The summed E-state index contributed by atoms with van der Waals surface area (Å²) in [6.45, 7) is 3.58. The molecule has 94 valence electrons. The molecular formula is C12H18BrN3O. The van der Waals surface area contributed by atoms with Crippen LogP contribution in [0.1, 0.15) is 26.2 Å². The minimum Gasteiger partial charge on any atom is -0.478 e. The lowest BCUT2D eigenvalue weighted by Crippen LogP contribution is -2.41. The van der Waals surface area contributed by atoms with Crippen LogP contribution in [0.25, 0.3) is 0 Å². The number of anilines is 1. The first-order valence-corrected chi connectivity index (χ1v) is 7.24. The first-order chi connectivity index (χ1) is 8.35. The third-order valence-electron chi connectivity index (χ3n) is 3.05. The van der Waals surface area contributed by atoms with E-state index in [1.165, 1.54) is 19.3 Å². The van der Waals surface area contributed by atoms with E-state index in [0.29, 0.717) is 18.5 Å². The number of rotatable bonds is 6. The van der Waals surface area contributed by atoms with Crippen LogP contribution < -0.4 is 9.64 Å². The third kappa shape index (κ3) is 3.09. The second-order valence-corrected chi connectivity index (χ2v) is 4.91. The zero-order valence-electron chi connectivity index (χ0n) is 10.1. The van der Waals surface area contributed by atoms with Crippen LogP contribution in [0.2, 0.25) is 0 Å². The van der Waals surface area contributed by atoms with Gasteiger partial charge in [-0.25, -0.2) is 9.97 Å². The molecule has 0 N–H and O–H groups in total. The molecule has 0 radical (unpaired) electrons. The van der Waals surface area contributed by atoms with Gasteiger partial charge >= 0.3 is 0 Å². The summed E-state index contributed by atoms with van der Waals surface area (Å²) in [7, 11) is 0. The lowest BCUT2D eigenvalue weighted by molar-refractivity contribution is 0.325. The lowest BCUT2D eigenvalue weighted by Gasteiger charge is -2.38. The predicted molar refractivity (Wildman–Crippen MR) is 72.0 cm³/mol. The van der Waals surface area contributed by atoms with Crippen LogP contribution in [0.5, 0.6) is 5.88 Å². The smallest absolute Gasteiger partial charge is 0.218 e. The zero-order valence-corrected chi connectivity index (χ0v) is 11.7. The van der Waals surface area contributed by atoms with Crippen molar-refractivity contribution in [1.29, 1.82) is 0 Å². The van der Waals surface area contributed by atoms with Gasteiger partial charge in [-0.2, -0.15) is 0 Å². The van der Waals surface area contributed by atoms with Gasteiger partial charge in [-0.05, 0) is 26.2 Å². The molecule has 1 aromatic rings. The van der Waals surface area contributed by atoms with Gasteiger partial charge in [0.05, 0.1) is 6.61 Å². The number of alkyl halides is 1. The van der Waals surface area contributed by atoms with Crippen LogP contribution in [-0.4, -0.2) is 34.5 Å². The molecule has 0 spiro atoms. The maximum atomic E-state index is 5.42. The molecule has 0 aliphatic heterocycles. The molecular weight excluding hydrogens is 282 g/mol. The Morgan fingerprint density at radius 1 is 1.47 bits per heavy atom. The van der Waals surface area contributed by atoms with Gasteiger partial charge in [0.25, 0.3) is 0 Å². The molecule has 0 atom stereocenters. The summed E-state index contributed by atoms with van der Waals surface area (Å²) in [6, 6.07) is 2.57. The lowest BCUT2D eigenvalue weighted by atomic mass is 9.91. The van der Waals surface area contributed by atoms with Crippen molar-refractivity contribution in [2.45, 2.75) is 32.2 Å². The Morgan fingerprint density at radius 2 is 2.29 bits per heavy atom. The fraction of sp³-hybridized carbons (Fsp3) is 0.667. The van der Waals surface area contributed by atoms with E-state index in [1.54, 1.807) is 6.33 Å². The van der Waals surface area contributed by atoms with Gasteiger partial charge in [0.15, 0.2) is 0 Å². The maximum Gasteiger partial charge on any atom is 0.218 e. The first-order valence-electron chi connectivity index (χ1n) is 6.12. The Morgan fingerprint density at radius 3 is 2.88 bits per heavy atom. The van der Waals surface area contributed by atoms with Crippen molar-refractivity contribution in [1.82, 2.24) is 9.97 Å². The van der Waals surface area contributed by atoms with Crippen LogP contribution in [0.15, 0.2) is 12.4 Å². The number of halogens is 1. The van der Waals surface area contributed by atoms with E-state index in [9.17, 15) is 0 Å². The highest BCUT2D eigenvalue weighted by atomic mass is 79.9. The van der Waals surface area contributed by atoms with Crippen LogP contribution >= 0.6 is 15.9 Å². The molecule has 0 aromatic carbocycles. The fourth-order valence-electron chi connectivity index (χ4n) is 1.99. The average molecular weight is 300 g/mol. The minimum atomic E-state index is 0.636. The molecule has 1 saturated carbocycles. The van der Waals surface area contributed by atoms with Crippen molar-refractivity contribution < 1.29 is 4.74 Å². The summed E-state index contributed by atoms with van der Waals surface area (Å²) in [4.78, 5) is 10.8. The molecule has 0 amide bonds. The second-order valence-electron chi connectivity index (χ2n) is 4.11. The number of aromatic nitrogens is 2. The van der Waals surface area contributed by atoms with Crippen LogP contribution in [0, 0.1) is 0 Å². The molecule has 0 saturated heterocycles. The van der Waals surface area contributed by atoms with Crippen LogP contribution in [0.3, 0.4) is 0 Å². The molecule has 1 heterocycles. The van der Waals surface area contributed by atoms with Crippen LogP contribution in [-0.2, 0) is 0 Å². The Kier molecular flexibility index (Phi) is 4.59. The summed E-state index contributed by atoms with van der Waals surface area (Å²) in [5.74, 6) is 1.64. The Hall–Kier alpha value is -0.840. The van der Waals surface area contributed by atoms with E-state index in [-0.39, 0.29) is 0 Å². The normalized spacial score (nSPS) is 15.4. The third-order valence-corrected chi connectivity index (χ3v) is 3.41. The molecule has 0 unspecified atom stereocenters. The molecule has 1 fully saturated rings. The number of hydrogen-bond donors (Lipinski definition) is 0. The van der Waals surface area contributed by atoms with E-state index < -0.39 is 0 Å². The minimum absolute atomic E-state index is 0.636. The van der Waals surface area contributed by atoms with Crippen molar-refractivity contribution in [3.8, 4) is 5.88 Å². The molecule has 0 bridgehead atoms. The van der Waals surface area contributed by atoms with Crippen molar-refractivity contribution in [3.63, 3.8) is 0 Å². The van der Waals surface area contributed by atoms with Crippen molar-refractivity contribution in [3.05, 3.63) is 12.4 Å².